The van der Waals surface area contributed by atoms with Gasteiger partial charge < -0.3 is 9.80 Å². The van der Waals surface area contributed by atoms with Crippen LogP contribution in [0.3, 0.4) is 0 Å². The first-order chi connectivity index (χ1) is 13.8. The predicted molar refractivity (Wildman–Crippen MR) is 114 cm³/mol. The zero-order chi connectivity index (χ0) is 21.0. The number of benzene rings is 1. The van der Waals surface area contributed by atoms with Crippen molar-refractivity contribution in [2.45, 2.75) is 40.7 Å². The van der Waals surface area contributed by atoms with Crippen molar-refractivity contribution in [3.8, 4) is 0 Å². The molecule has 1 fully saturated rings. The maximum atomic E-state index is 12.7. The number of hydrogen-bond donors (Lipinski definition) is 0. The summed E-state index contributed by atoms with van der Waals surface area (Å²) in [5, 5.41) is 4.66. The first-order valence-electron chi connectivity index (χ1n) is 10.2. The Hall–Kier alpha value is -2.89. The third-order valence-electron chi connectivity index (χ3n) is 5.54. The molecule has 1 aromatic carbocycles. The van der Waals surface area contributed by atoms with Crippen LogP contribution in [0.4, 0.5) is 0 Å². The summed E-state index contributed by atoms with van der Waals surface area (Å²) in [5.41, 5.74) is 5.39. The molecule has 1 aromatic heterocycles. The lowest BCUT2D eigenvalue weighted by molar-refractivity contribution is -0.130. The SMILES string of the molecule is CC(=O)N1CCCN(C(=O)/C=C/c2c(C)nn(Cc3ccc(C)cc3)c2C)CC1. The summed E-state index contributed by atoms with van der Waals surface area (Å²) in [7, 11) is 0. The van der Waals surface area contributed by atoms with Gasteiger partial charge in [-0.25, -0.2) is 0 Å². The highest BCUT2D eigenvalue weighted by Crippen LogP contribution is 2.17. The Labute approximate surface area is 172 Å². The smallest absolute Gasteiger partial charge is 0.246 e. The van der Waals surface area contributed by atoms with Gasteiger partial charge in [-0.2, -0.15) is 5.10 Å². The molecular formula is C23H30N4O2. The molecule has 0 atom stereocenters. The molecule has 2 heterocycles. The van der Waals surface area contributed by atoms with Gasteiger partial charge in [-0.05, 0) is 38.8 Å². The van der Waals surface area contributed by atoms with E-state index in [1.807, 2.05) is 29.5 Å². The molecule has 6 nitrogen and oxygen atoms in total. The van der Waals surface area contributed by atoms with Crippen LogP contribution in [0.2, 0.25) is 0 Å². The van der Waals surface area contributed by atoms with Crippen LogP contribution in [0.5, 0.6) is 0 Å². The molecule has 1 aliphatic rings. The van der Waals surface area contributed by atoms with Crippen LogP contribution in [0.15, 0.2) is 30.3 Å². The lowest BCUT2D eigenvalue weighted by Gasteiger charge is -2.20. The van der Waals surface area contributed by atoms with Crippen LogP contribution in [0.25, 0.3) is 6.08 Å². The normalized spacial score (nSPS) is 15.0. The molecule has 154 valence electrons. The molecule has 0 N–H and O–H groups in total. The van der Waals surface area contributed by atoms with Crippen LogP contribution >= 0.6 is 0 Å². The lowest BCUT2D eigenvalue weighted by Crippen LogP contribution is -2.35. The number of aromatic nitrogens is 2. The first-order valence-corrected chi connectivity index (χ1v) is 10.2. The van der Waals surface area contributed by atoms with Gasteiger partial charge >= 0.3 is 0 Å². The van der Waals surface area contributed by atoms with Gasteiger partial charge in [0.05, 0.1) is 12.2 Å². The molecule has 0 bridgehead atoms. The molecule has 1 saturated heterocycles. The van der Waals surface area contributed by atoms with Crippen LogP contribution < -0.4 is 0 Å². The van der Waals surface area contributed by atoms with E-state index in [-0.39, 0.29) is 11.8 Å². The molecule has 29 heavy (non-hydrogen) atoms. The van der Waals surface area contributed by atoms with Crippen molar-refractivity contribution in [2.75, 3.05) is 26.2 Å². The molecule has 2 amide bonds. The molecule has 0 saturated carbocycles. The average molecular weight is 395 g/mol. The lowest BCUT2D eigenvalue weighted by atomic mass is 10.1. The fourth-order valence-corrected chi connectivity index (χ4v) is 3.69. The Morgan fingerprint density at radius 3 is 2.34 bits per heavy atom. The van der Waals surface area contributed by atoms with Crippen molar-refractivity contribution in [3.63, 3.8) is 0 Å². The van der Waals surface area contributed by atoms with Crippen molar-refractivity contribution in [2.24, 2.45) is 0 Å². The Morgan fingerprint density at radius 1 is 1.00 bits per heavy atom. The fraction of sp³-hybridized carbons (Fsp3) is 0.435. The first kappa shape index (κ1) is 20.8. The third-order valence-corrected chi connectivity index (χ3v) is 5.54. The van der Waals surface area contributed by atoms with Crippen molar-refractivity contribution in [1.82, 2.24) is 19.6 Å². The number of carbonyl (C=O) groups excluding carboxylic acids is 2. The highest BCUT2D eigenvalue weighted by Gasteiger charge is 2.19. The Bertz CT molecular complexity index is 912. The van der Waals surface area contributed by atoms with Gasteiger partial charge in [-0.1, -0.05) is 29.8 Å². The third kappa shape index (κ3) is 5.13. The van der Waals surface area contributed by atoms with Gasteiger partial charge in [0.15, 0.2) is 0 Å². The van der Waals surface area contributed by atoms with Crippen molar-refractivity contribution >= 4 is 17.9 Å². The van der Waals surface area contributed by atoms with Crippen molar-refractivity contribution < 1.29 is 9.59 Å². The zero-order valence-electron chi connectivity index (χ0n) is 17.8. The topological polar surface area (TPSA) is 58.4 Å². The summed E-state index contributed by atoms with van der Waals surface area (Å²) in [6.45, 7) is 10.9. The maximum Gasteiger partial charge on any atom is 0.246 e. The largest absolute Gasteiger partial charge is 0.341 e. The molecule has 1 aliphatic heterocycles. The maximum absolute atomic E-state index is 12.7. The minimum atomic E-state index is -0.0134. The van der Waals surface area contributed by atoms with Gasteiger partial charge in [0.2, 0.25) is 11.8 Å². The van der Waals surface area contributed by atoms with Crippen LogP contribution in [0.1, 0.15) is 41.4 Å². The quantitative estimate of drug-likeness (QED) is 0.749. The summed E-state index contributed by atoms with van der Waals surface area (Å²) in [6, 6.07) is 8.45. The monoisotopic (exact) mass is 394 g/mol. The van der Waals surface area contributed by atoms with Crippen LogP contribution in [0, 0.1) is 20.8 Å². The van der Waals surface area contributed by atoms with E-state index in [1.54, 1.807) is 17.9 Å². The minimum absolute atomic E-state index is 0.0134. The van der Waals surface area contributed by atoms with E-state index in [0.717, 1.165) is 23.4 Å². The van der Waals surface area contributed by atoms with E-state index >= 15 is 0 Å². The summed E-state index contributed by atoms with van der Waals surface area (Å²) in [5.74, 6) is 0.0579. The highest BCUT2D eigenvalue weighted by molar-refractivity contribution is 5.92. The molecule has 3 rings (SSSR count). The van der Waals surface area contributed by atoms with E-state index in [9.17, 15) is 9.59 Å². The van der Waals surface area contributed by atoms with Crippen LogP contribution in [-0.2, 0) is 16.1 Å². The second-order valence-corrected chi connectivity index (χ2v) is 7.75. The molecule has 0 unspecified atom stereocenters. The molecule has 6 heteroatoms. The number of aryl methyl sites for hydroxylation is 2. The highest BCUT2D eigenvalue weighted by atomic mass is 16.2. The summed E-state index contributed by atoms with van der Waals surface area (Å²) in [6.07, 6.45) is 4.32. The standard InChI is InChI=1S/C23H30N4O2/c1-17-6-8-21(9-7-17)16-27-19(3)22(18(2)24-27)10-11-23(29)26-13-5-12-25(14-15-26)20(4)28/h6-11H,5,12-16H2,1-4H3/b11-10+. The number of nitrogens with zero attached hydrogens (tertiary/aromatic N) is 4. The second kappa shape index (κ2) is 9.07. The summed E-state index contributed by atoms with van der Waals surface area (Å²) >= 11 is 0. The van der Waals surface area contributed by atoms with E-state index in [1.165, 1.54) is 11.1 Å². The Balaban J connectivity index is 1.68. The van der Waals surface area contributed by atoms with E-state index in [0.29, 0.717) is 32.7 Å². The zero-order valence-corrected chi connectivity index (χ0v) is 17.8. The van der Waals surface area contributed by atoms with Gasteiger partial charge in [0.25, 0.3) is 0 Å². The second-order valence-electron chi connectivity index (χ2n) is 7.75. The van der Waals surface area contributed by atoms with Gasteiger partial charge in [0.1, 0.15) is 0 Å². The molecule has 0 radical (unpaired) electrons. The van der Waals surface area contributed by atoms with Crippen molar-refractivity contribution in [1.29, 1.82) is 0 Å². The minimum Gasteiger partial charge on any atom is -0.341 e. The molecule has 2 aromatic rings. The van der Waals surface area contributed by atoms with Crippen LogP contribution in [-0.4, -0.2) is 57.6 Å². The van der Waals surface area contributed by atoms with Gasteiger partial charge in [0, 0.05) is 50.4 Å². The molecule has 0 aliphatic carbocycles. The summed E-state index contributed by atoms with van der Waals surface area (Å²) in [4.78, 5) is 27.9. The predicted octanol–water partition coefficient (Wildman–Crippen LogP) is 2.95. The van der Waals surface area contributed by atoms with E-state index in [4.69, 9.17) is 0 Å². The number of carbonyl (C=O) groups is 2. The Kier molecular flexibility index (Phi) is 6.52. The number of amides is 2. The van der Waals surface area contributed by atoms with E-state index < -0.39 is 0 Å². The van der Waals surface area contributed by atoms with E-state index in [2.05, 4.69) is 36.3 Å². The fourth-order valence-electron chi connectivity index (χ4n) is 3.69. The number of hydrogen-bond acceptors (Lipinski definition) is 3. The summed E-state index contributed by atoms with van der Waals surface area (Å²) < 4.78 is 1.99. The number of rotatable bonds is 4. The molecular weight excluding hydrogens is 364 g/mol. The Morgan fingerprint density at radius 2 is 1.66 bits per heavy atom. The average Bonchev–Trinajstić information content (AvgIpc) is 2.87. The van der Waals surface area contributed by atoms with Crippen molar-refractivity contribution in [3.05, 3.63) is 58.4 Å². The van der Waals surface area contributed by atoms with Gasteiger partial charge in [-0.3, -0.25) is 14.3 Å². The van der Waals surface area contributed by atoms with Gasteiger partial charge in [-0.15, -0.1) is 0 Å². The molecule has 0 spiro atoms.